The first-order valence-corrected chi connectivity index (χ1v) is 8.71. The Morgan fingerprint density at radius 3 is 2.19 bits per heavy atom. The van der Waals surface area contributed by atoms with Crippen molar-refractivity contribution in [3.8, 4) is 0 Å². The van der Waals surface area contributed by atoms with E-state index in [1.165, 1.54) is 5.56 Å². The molecule has 1 N–H and O–H groups in total. The summed E-state index contributed by atoms with van der Waals surface area (Å²) in [6.07, 6.45) is 4.32. The van der Waals surface area contributed by atoms with Gasteiger partial charge in [0.05, 0.1) is 5.71 Å². The zero-order chi connectivity index (χ0) is 17.8. The molecule has 1 saturated carbocycles. The van der Waals surface area contributed by atoms with Crippen molar-refractivity contribution in [2.24, 2.45) is 11.0 Å². The van der Waals surface area contributed by atoms with Crippen LogP contribution in [0.25, 0.3) is 0 Å². The zero-order valence-electron chi connectivity index (χ0n) is 14.2. The molecule has 0 aliphatic heterocycles. The Hall–Kier alpha value is -3.27. The molecule has 1 aliphatic carbocycles. The fourth-order valence-electron chi connectivity index (χ4n) is 3.15. The molecule has 4 nitrogen and oxygen atoms in total. The summed E-state index contributed by atoms with van der Waals surface area (Å²) in [4.78, 5) is 16.6. The van der Waals surface area contributed by atoms with Gasteiger partial charge in [0.2, 0.25) is 5.91 Å². The molecule has 2 aromatic carbocycles. The molecule has 0 spiro atoms. The third-order valence-corrected chi connectivity index (χ3v) is 4.63. The van der Waals surface area contributed by atoms with Crippen molar-refractivity contribution in [1.29, 1.82) is 0 Å². The molecule has 1 fully saturated rings. The molecule has 1 amide bonds. The summed E-state index contributed by atoms with van der Waals surface area (Å²) in [6, 6.07) is 23.8. The molecule has 128 valence electrons. The van der Waals surface area contributed by atoms with Crippen molar-refractivity contribution in [2.75, 3.05) is 0 Å². The number of nitrogens with one attached hydrogen (secondary N) is 1. The van der Waals surface area contributed by atoms with Crippen LogP contribution in [0.2, 0.25) is 0 Å². The summed E-state index contributed by atoms with van der Waals surface area (Å²) in [5.41, 5.74) is 6.59. The van der Waals surface area contributed by atoms with Crippen molar-refractivity contribution in [3.63, 3.8) is 0 Å². The highest BCUT2D eigenvalue weighted by atomic mass is 16.2. The van der Waals surface area contributed by atoms with Crippen LogP contribution in [0.3, 0.4) is 0 Å². The number of rotatable bonds is 5. The molecule has 4 rings (SSSR count). The Balaban J connectivity index is 1.52. The van der Waals surface area contributed by atoms with Gasteiger partial charge in [0, 0.05) is 29.4 Å². The Morgan fingerprint density at radius 2 is 1.50 bits per heavy atom. The van der Waals surface area contributed by atoms with Crippen molar-refractivity contribution in [2.45, 2.75) is 12.3 Å². The Morgan fingerprint density at radius 1 is 0.885 bits per heavy atom. The summed E-state index contributed by atoms with van der Waals surface area (Å²) >= 11 is 0. The van der Waals surface area contributed by atoms with E-state index < -0.39 is 0 Å². The van der Waals surface area contributed by atoms with Gasteiger partial charge in [0.15, 0.2) is 0 Å². The van der Waals surface area contributed by atoms with Crippen LogP contribution < -0.4 is 5.43 Å². The molecule has 0 radical (unpaired) electrons. The van der Waals surface area contributed by atoms with E-state index in [-0.39, 0.29) is 11.8 Å². The van der Waals surface area contributed by atoms with Crippen molar-refractivity contribution in [1.82, 2.24) is 10.4 Å². The third-order valence-electron chi connectivity index (χ3n) is 4.63. The minimum Gasteiger partial charge on any atom is -0.273 e. The number of pyridine rings is 1. The van der Waals surface area contributed by atoms with Gasteiger partial charge in [-0.2, -0.15) is 5.10 Å². The summed E-state index contributed by atoms with van der Waals surface area (Å²) in [7, 11) is 0. The predicted molar refractivity (Wildman–Crippen MR) is 102 cm³/mol. The molecule has 2 atom stereocenters. The van der Waals surface area contributed by atoms with Crippen LogP contribution in [0.5, 0.6) is 0 Å². The van der Waals surface area contributed by atoms with Crippen LogP contribution in [0.1, 0.15) is 29.0 Å². The number of hydrazone groups is 1. The Bertz CT molecular complexity index is 866. The maximum Gasteiger partial charge on any atom is 0.243 e. The van der Waals surface area contributed by atoms with Crippen molar-refractivity contribution < 1.29 is 4.79 Å². The number of aromatic nitrogens is 1. The first-order chi connectivity index (χ1) is 12.8. The molecule has 4 heteroatoms. The van der Waals surface area contributed by atoms with Crippen molar-refractivity contribution in [3.05, 3.63) is 102 Å². The molecule has 1 heterocycles. The predicted octanol–water partition coefficient (Wildman–Crippen LogP) is 3.75. The minimum absolute atomic E-state index is 0.00406. The molecular weight excluding hydrogens is 322 g/mol. The fraction of sp³-hybridized carbons (Fsp3) is 0.136. The van der Waals surface area contributed by atoms with Gasteiger partial charge >= 0.3 is 0 Å². The molecular formula is C22H19N3O. The summed E-state index contributed by atoms with van der Waals surface area (Å²) in [5.74, 6) is 0.268. The van der Waals surface area contributed by atoms with Crippen LogP contribution in [0, 0.1) is 5.92 Å². The normalized spacial score (nSPS) is 19.0. The van der Waals surface area contributed by atoms with E-state index >= 15 is 0 Å². The lowest BCUT2D eigenvalue weighted by Crippen LogP contribution is -2.22. The number of hydrogen-bond acceptors (Lipinski definition) is 3. The zero-order valence-corrected chi connectivity index (χ0v) is 14.2. The van der Waals surface area contributed by atoms with Crippen molar-refractivity contribution >= 4 is 11.6 Å². The monoisotopic (exact) mass is 341 g/mol. The largest absolute Gasteiger partial charge is 0.273 e. The SMILES string of the molecule is O=C(N/N=C(/c1ccccc1)c1ccncc1)[C@@H]1C[C@@H]1c1ccccc1. The highest BCUT2D eigenvalue weighted by molar-refractivity contribution is 6.13. The van der Waals surface area contributed by atoms with Crippen LogP contribution in [0.4, 0.5) is 0 Å². The first-order valence-electron chi connectivity index (χ1n) is 8.71. The van der Waals surface area contributed by atoms with Crippen LogP contribution in [-0.2, 0) is 4.79 Å². The van der Waals surface area contributed by atoms with Crippen LogP contribution >= 0.6 is 0 Å². The van der Waals surface area contributed by atoms with Gasteiger partial charge in [-0.05, 0) is 30.0 Å². The quantitative estimate of drug-likeness (QED) is 0.567. The number of carbonyl (C=O) groups excluding carboxylic acids is 1. The maximum absolute atomic E-state index is 12.5. The summed E-state index contributed by atoms with van der Waals surface area (Å²) < 4.78 is 0. The molecule has 0 unspecified atom stereocenters. The first kappa shape index (κ1) is 16.2. The van der Waals surface area contributed by atoms with Gasteiger partial charge in [-0.1, -0.05) is 60.7 Å². The molecule has 0 bridgehead atoms. The van der Waals surface area contributed by atoms with E-state index in [0.717, 1.165) is 23.3 Å². The van der Waals surface area contributed by atoms with Gasteiger partial charge in [-0.25, -0.2) is 5.43 Å². The smallest absolute Gasteiger partial charge is 0.243 e. The standard InChI is InChI=1S/C22H19N3O/c26-22(20-15-19(20)16-7-3-1-4-8-16)25-24-21(17-9-5-2-6-10-17)18-11-13-23-14-12-18/h1-14,19-20H,15H2,(H,25,26)/b24-21-/t19-,20-/m1/s1. The number of carbonyl (C=O) groups is 1. The van der Waals surface area contributed by atoms with Gasteiger partial charge in [-0.3, -0.25) is 9.78 Å². The Labute approximate surface area is 152 Å². The van der Waals surface area contributed by atoms with E-state index in [1.807, 2.05) is 60.7 Å². The highest BCUT2D eigenvalue weighted by Gasteiger charge is 2.43. The van der Waals surface area contributed by atoms with E-state index in [9.17, 15) is 4.79 Å². The fourth-order valence-corrected chi connectivity index (χ4v) is 3.15. The number of hydrogen-bond donors (Lipinski definition) is 1. The molecule has 1 aromatic heterocycles. The van der Waals surface area contributed by atoms with E-state index in [4.69, 9.17) is 0 Å². The van der Waals surface area contributed by atoms with E-state index in [2.05, 4.69) is 27.6 Å². The molecule has 26 heavy (non-hydrogen) atoms. The second-order valence-corrected chi connectivity index (χ2v) is 6.40. The van der Waals surface area contributed by atoms with Gasteiger partial charge in [-0.15, -0.1) is 0 Å². The number of benzene rings is 2. The van der Waals surface area contributed by atoms with Gasteiger partial charge in [0.25, 0.3) is 0 Å². The van der Waals surface area contributed by atoms with E-state index in [1.54, 1.807) is 12.4 Å². The average Bonchev–Trinajstić information content (AvgIpc) is 3.51. The van der Waals surface area contributed by atoms with Crippen LogP contribution in [0.15, 0.2) is 90.3 Å². The summed E-state index contributed by atoms with van der Waals surface area (Å²) in [5, 5.41) is 4.44. The topological polar surface area (TPSA) is 54.4 Å². The van der Waals surface area contributed by atoms with Gasteiger partial charge in [0.1, 0.15) is 0 Å². The maximum atomic E-state index is 12.5. The lowest BCUT2D eigenvalue weighted by atomic mass is 10.0. The number of amides is 1. The van der Waals surface area contributed by atoms with Crippen LogP contribution in [-0.4, -0.2) is 16.6 Å². The highest BCUT2D eigenvalue weighted by Crippen LogP contribution is 2.47. The van der Waals surface area contributed by atoms with Gasteiger partial charge < -0.3 is 0 Å². The minimum atomic E-state index is -0.0265. The number of nitrogens with zero attached hydrogens (tertiary/aromatic N) is 2. The molecule has 1 aliphatic rings. The second kappa shape index (κ2) is 7.31. The van der Waals surface area contributed by atoms with E-state index in [0.29, 0.717) is 5.92 Å². The lowest BCUT2D eigenvalue weighted by Gasteiger charge is -2.08. The third kappa shape index (κ3) is 3.54. The average molecular weight is 341 g/mol. The summed E-state index contributed by atoms with van der Waals surface area (Å²) in [6.45, 7) is 0. The second-order valence-electron chi connectivity index (χ2n) is 6.40. The Kier molecular flexibility index (Phi) is 4.56. The lowest BCUT2D eigenvalue weighted by molar-refractivity contribution is -0.122. The molecule has 3 aromatic rings. The molecule has 0 saturated heterocycles.